The molecule has 1 amide bonds. The minimum absolute atomic E-state index is 0.259. The van der Waals surface area contributed by atoms with Crippen LogP contribution in [-0.2, 0) is 11.3 Å². The van der Waals surface area contributed by atoms with Crippen LogP contribution in [0.4, 0.5) is 4.79 Å². The Morgan fingerprint density at radius 3 is 2.79 bits per heavy atom. The molecule has 2 rings (SSSR count). The number of aryl methyl sites for hydroxylation is 1. The zero-order valence-corrected chi connectivity index (χ0v) is 13.8. The maximum absolute atomic E-state index is 11.6. The molecule has 0 radical (unpaired) electrons. The number of hydrogen-bond donors (Lipinski definition) is 1. The van der Waals surface area contributed by atoms with E-state index < -0.39 is 6.09 Å². The van der Waals surface area contributed by atoms with E-state index in [0.717, 1.165) is 16.7 Å². The van der Waals surface area contributed by atoms with Crippen LogP contribution < -0.4 is 10.1 Å². The van der Waals surface area contributed by atoms with E-state index in [1.165, 1.54) is 0 Å². The van der Waals surface area contributed by atoms with Crippen LogP contribution in [0.5, 0.6) is 5.88 Å². The minimum Gasteiger partial charge on any atom is -0.481 e. The number of alkyl carbamates (subject to hydrolysis) is 1. The molecule has 5 heteroatoms. The van der Waals surface area contributed by atoms with Crippen molar-refractivity contribution < 1.29 is 14.3 Å². The summed E-state index contributed by atoms with van der Waals surface area (Å²) in [6.07, 6.45) is 1.76. The number of rotatable bonds is 5. The number of pyridine rings is 1. The third kappa shape index (κ3) is 5.65. The van der Waals surface area contributed by atoms with Crippen LogP contribution in [0.3, 0.4) is 0 Å². The normalized spacial score (nSPS) is 9.58. The molecule has 1 N–H and O–H groups in total. The lowest BCUT2D eigenvalue weighted by molar-refractivity contribution is 0.140. The molecule has 0 fully saturated rings. The van der Waals surface area contributed by atoms with Crippen molar-refractivity contribution in [1.29, 1.82) is 0 Å². The molecule has 0 spiro atoms. The second-order valence-corrected chi connectivity index (χ2v) is 5.09. The van der Waals surface area contributed by atoms with E-state index >= 15 is 0 Å². The van der Waals surface area contributed by atoms with E-state index in [4.69, 9.17) is 9.47 Å². The standard InChI is InChI=1S/C19H20N2O3/c1-15-12-17(13-21-18(15)23-2)10-6-7-11-20-19(22)24-14-16-8-4-3-5-9-16/h3-5,8-9,12-13H,7,11,14H2,1-2H3,(H,20,22). The van der Waals surface area contributed by atoms with Crippen LogP contribution in [0.1, 0.15) is 23.1 Å². The van der Waals surface area contributed by atoms with Gasteiger partial charge in [0.05, 0.1) is 7.11 Å². The van der Waals surface area contributed by atoms with Crippen molar-refractivity contribution in [2.24, 2.45) is 0 Å². The number of nitrogens with one attached hydrogen (secondary N) is 1. The highest BCUT2D eigenvalue weighted by molar-refractivity contribution is 5.67. The highest BCUT2D eigenvalue weighted by Crippen LogP contribution is 2.13. The molecule has 0 aliphatic heterocycles. The smallest absolute Gasteiger partial charge is 0.407 e. The summed E-state index contributed by atoms with van der Waals surface area (Å²) in [6.45, 7) is 2.61. The molecule has 0 unspecified atom stereocenters. The van der Waals surface area contributed by atoms with E-state index in [-0.39, 0.29) is 6.61 Å². The van der Waals surface area contributed by atoms with Gasteiger partial charge in [-0.3, -0.25) is 0 Å². The summed E-state index contributed by atoms with van der Waals surface area (Å²) in [5, 5.41) is 2.67. The number of amides is 1. The van der Waals surface area contributed by atoms with Gasteiger partial charge in [-0.1, -0.05) is 42.2 Å². The number of carbonyl (C=O) groups excluding carboxylic acids is 1. The predicted molar refractivity (Wildman–Crippen MR) is 91.7 cm³/mol. The molecule has 0 aliphatic rings. The Balaban J connectivity index is 1.69. The Kier molecular flexibility index (Phi) is 6.66. The monoisotopic (exact) mass is 324 g/mol. The minimum atomic E-state index is -0.442. The van der Waals surface area contributed by atoms with E-state index in [1.807, 2.05) is 43.3 Å². The highest BCUT2D eigenvalue weighted by Gasteiger charge is 2.01. The molecule has 0 bridgehead atoms. The maximum Gasteiger partial charge on any atom is 0.407 e. The Morgan fingerprint density at radius 1 is 1.29 bits per heavy atom. The van der Waals surface area contributed by atoms with Crippen LogP contribution >= 0.6 is 0 Å². The number of nitrogens with zero attached hydrogens (tertiary/aromatic N) is 1. The molecule has 0 saturated heterocycles. The van der Waals surface area contributed by atoms with Crippen LogP contribution in [-0.4, -0.2) is 24.7 Å². The van der Waals surface area contributed by atoms with Crippen molar-refractivity contribution in [3.8, 4) is 17.7 Å². The lowest BCUT2D eigenvalue weighted by Crippen LogP contribution is -2.24. The second-order valence-electron chi connectivity index (χ2n) is 5.09. The van der Waals surface area contributed by atoms with Gasteiger partial charge in [0.25, 0.3) is 0 Å². The third-order valence-electron chi connectivity index (χ3n) is 3.19. The van der Waals surface area contributed by atoms with Crippen LogP contribution in [0, 0.1) is 18.8 Å². The van der Waals surface area contributed by atoms with Crippen molar-refractivity contribution in [2.75, 3.05) is 13.7 Å². The first-order chi connectivity index (χ1) is 11.7. The SMILES string of the molecule is COc1ncc(C#CCCNC(=O)OCc2ccccc2)cc1C. The topological polar surface area (TPSA) is 60.5 Å². The Hall–Kier alpha value is -3.00. The van der Waals surface area contributed by atoms with Crippen molar-refractivity contribution in [3.63, 3.8) is 0 Å². The lowest BCUT2D eigenvalue weighted by Gasteiger charge is -2.05. The van der Waals surface area contributed by atoms with Crippen LogP contribution in [0.25, 0.3) is 0 Å². The predicted octanol–water partition coefficient (Wildman–Crippen LogP) is 3.07. The van der Waals surface area contributed by atoms with Crippen LogP contribution in [0.2, 0.25) is 0 Å². The van der Waals surface area contributed by atoms with E-state index in [2.05, 4.69) is 22.1 Å². The molecule has 1 aromatic carbocycles. The summed E-state index contributed by atoms with van der Waals surface area (Å²) in [7, 11) is 1.59. The molecule has 124 valence electrons. The molecule has 24 heavy (non-hydrogen) atoms. The Morgan fingerprint density at radius 2 is 2.08 bits per heavy atom. The van der Waals surface area contributed by atoms with Crippen molar-refractivity contribution in [1.82, 2.24) is 10.3 Å². The number of carbonyl (C=O) groups is 1. The van der Waals surface area contributed by atoms with E-state index in [0.29, 0.717) is 18.8 Å². The average molecular weight is 324 g/mol. The molecule has 2 aromatic rings. The molecule has 1 aromatic heterocycles. The van der Waals surface area contributed by atoms with Crippen molar-refractivity contribution in [2.45, 2.75) is 20.0 Å². The zero-order valence-electron chi connectivity index (χ0n) is 13.8. The summed E-state index contributed by atoms with van der Waals surface area (Å²) in [4.78, 5) is 15.7. The summed E-state index contributed by atoms with van der Waals surface area (Å²) < 4.78 is 10.2. The lowest BCUT2D eigenvalue weighted by atomic mass is 10.2. The molecule has 0 atom stereocenters. The second kappa shape index (κ2) is 9.21. The fourth-order valence-electron chi connectivity index (χ4n) is 2.01. The molecule has 0 aliphatic carbocycles. The largest absolute Gasteiger partial charge is 0.481 e. The van der Waals surface area contributed by atoms with Crippen molar-refractivity contribution >= 4 is 6.09 Å². The van der Waals surface area contributed by atoms with Gasteiger partial charge in [-0.2, -0.15) is 0 Å². The summed E-state index contributed by atoms with van der Waals surface area (Å²) in [5.74, 6) is 6.60. The summed E-state index contributed by atoms with van der Waals surface area (Å²) in [5.41, 5.74) is 2.71. The number of hydrogen-bond acceptors (Lipinski definition) is 4. The van der Waals surface area contributed by atoms with Gasteiger partial charge < -0.3 is 14.8 Å². The molecule has 0 saturated carbocycles. The maximum atomic E-state index is 11.6. The van der Waals surface area contributed by atoms with Crippen molar-refractivity contribution in [3.05, 3.63) is 59.3 Å². The van der Waals surface area contributed by atoms with Gasteiger partial charge in [0, 0.05) is 30.3 Å². The quantitative estimate of drug-likeness (QED) is 0.678. The Bertz CT molecular complexity index is 733. The van der Waals surface area contributed by atoms with Gasteiger partial charge in [0.1, 0.15) is 6.61 Å². The van der Waals surface area contributed by atoms with Gasteiger partial charge in [-0.15, -0.1) is 0 Å². The summed E-state index contributed by atoms with van der Waals surface area (Å²) >= 11 is 0. The molecular formula is C19H20N2O3. The van der Waals surface area contributed by atoms with E-state index in [1.54, 1.807) is 13.3 Å². The molecular weight excluding hydrogens is 304 g/mol. The fraction of sp³-hybridized carbons (Fsp3) is 0.263. The first-order valence-corrected chi connectivity index (χ1v) is 7.63. The average Bonchev–Trinajstić information content (AvgIpc) is 2.61. The Labute approximate surface area is 142 Å². The first-order valence-electron chi connectivity index (χ1n) is 7.63. The fourth-order valence-corrected chi connectivity index (χ4v) is 2.01. The first kappa shape index (κ1) is 17.4. The highest BCUT2D eigenvalue weighted by atomic mass is 16.5. The van der Waals surface area contributed by atoms with Gasteiger partial charge >= 0.3 is 6.09 Å². The summed E-state index contributed by atoms with van der Waals surface area (Å²) in [6, 6.07) is 11.5. The molecule has 1 heterocycles. The third-order valence-corrected chi connectivity index (χ3v) is 3.19. The van der Waals surface area contributed by atoms with Gasteiger partial charge in [0.2, 0.25) is 5.88 Å². The van der Waals surface area contributed by atoms with Gasteiger partial charge in [-0.25, -0.2) is 9.78 Å². The number of benzene rings is 1. The number of methoxy groups -OCH3 is 1. The van der Waals surface area contributed by atoms with Crippen LogP contribution in [0.15, 0.2) is 42.6 Å². The van der Waals surface area contributed by atoms with E-state index in [9.17, 15) is 4.79 Å². The van der Waals surface area contributed by atoms with Gasteiger partial charge in [0.15, 0.2) is 0 Å². The van der Waals surface area contributed by atoms with Gasteiger partial charge in [-0.05, 0) is 18.6 Å². The zero-order chi connectivity index (χ0) is 17.2. The number of aromatic nitrogens is 1. The molecule has 5 nitrogen and oxygen atoms in total. The number of ether oxygens (including phenoxy) is 2.